The summed E-state index contributed by atoms with van der Waals surface area (Å²) in [4.78, 5) is 38.9. The fourth-order valence-corrected chi connectivity index (χ4v) is 3.79. The summed E-state index contributed by atoms with van der Waals surface area (Å²) in [6.07, 6.45) is 6.29. The highest BCUT2D eigenvalue weighted by Gasteiger charge is 2.26. The summed E-state index contributed by atoms with van der Waals surface area (Å²) in [5, 5.41) is 15.1. The van der Waals surface area contributed by atoms with Gasteiger partial charge in [0.05, 0.1) is 4.92 Å². The van der Waals surface area contributed by atoms with Crippen molar-refractivity contribution in [3.63, 3.8) is 0 Å². The molecule has 0 atom stereocenters. The van der Waals surface area contributed by atoms with Gasteiger partial charge in [0.25, 0.3) is 11.6 Å². The highest BCUT2D eigenvalue weighted by atomic mass is 16.6. The number of amides is 2. The smallest absolute Gasteiger partial charge is 0.274 e. The van der Waals surface area contributed by atoms with Crippen molar-refractivity contribution in [3.05, 3.63) is 63.5 Å². The van der Waals surface area contributed by atoms with Crippen LogP contribution in [0.15, 0.2) is 36.4 Å². The average molecular weight is 409 g/mol. The quantitative estimate of drug-likeness (QED) is 0.437. The number of rotatable bonds is 4. The molecule has 1 fully saturated rings. The number of hydrogen-bond donors (Lipinski definition) is 0. The molecule has 0 N–H and O–H groups in total. The number of nitro benzene ring substituents is 1. The number of nitrogens with zero attached hydrogens (tertiary/aromatic N) is 5. The maximum absolute atomic E-state index is 12.8. The van der Waals surface area contributed by atoms with Crippen LogP contribution in [0.4, 0.5) is 5.69 Å². The van der Waals surface area contributed by atoms with Gasteiger partial charge in [0.2, 0.25) is 5.91 Å². The van der Waals surface area contributed by atoms with E-state index in [1.54, 1.807) is 28.0 Å². The minimum absolute atomic E-state index is 0.0119. The monoisotopic (exact) mass is 409 g/mol. The number of non-ortho nitro benzene ring substituents is 1. The van der Waals surface area contributed by atoms with Crippen LogP contribution < -0.4 is 0 Å². The van der Waals surface area contributed by atoms with E-state index in [0.29, 0.717) is 37.4 Å². The topological polar surface area (TPSA) is 102 Å². The number of carbonyl (C=O) groups excluding carboxylic acids is 2. The van der Waals surface area contributed by atoms with Crippen LogP contribution in [0.1, 0.15) is 34.6 Å². The van der Waals surface area contributed by atoms with Gasteiger partial charge < -0.3 is 9.80 Å². The molecular weight excluding hydrogens is 386 g/mol. The molecule has 9 heteroatoms. The maximum atomic E-state index is 12.8. The Kier molecular flexibility index (Phi) is 5.60. The Morgan fingerprint density at radius 1 is 1.00 bits per heavy atom. The van der Waals surface area contributed by atoms with Gasteiger partial charge in [-0.3, -0.25) is 24.4 Å². The molecule has 156 valence electrons. The number of carbonyl (C=O) groups is 2. The normalized spacial score (nSPS) is 16.5. The van der Waals surface area contributed by atoms with Crippen LogP contribution in [0.25, 0.3) is 6.08 Å². The summed E-state index contributed by atoms with van der Waals surface area (Å²) in [5.41, 5.74) is 2.34. The molecule has 1 aromatic carbocycles. The van der Waals surface area contributed by atoms with Crippen molar-refractivity contribution in [2.45, 2.75) is 25.8 Å². The first-order valence-corrected chi connectivity index (χ1v) is 10.1. The molecule has 2 aliphatic rings. The lowest BCUT2D eigenvalue weighted by atomic mass is 10.1. The van der Waals surface area contributed by atoms with Gasteiger partial charge in [-0.25, -0.2) is 0 Å². The van der Waals surface area contributed by atoms with Gasteiger partial charge in [0.1, 0.15) is 0 Å². The zero-order chi connectivity index (χ0) is 21.1. The second kappa shape index (κ2) is 8.48. The average Bonchev–Trinajstić information content (AvgIpc) is 3.21. The molecule has 2 aromatic rings. The Morgan fingerprint density at radius 3 is 2.37 bits per heavy atom. The molecule has 2 amide bonds. The van der Waals surface area contributed by atoms with E-state index < -0.39 is 4.92 Å². The first-order chi connectivity index (χ1) is 14.5. The third-order valence-electron chi connectivity index (χ3n) is 5.54. The third-order valence-corrected chi connectivity index (χ3v) is 5.54. The van der Waals surface area contributed by atoms with Gasteiger partial charge in [-0.1, -0.05) is 0 Å². The van der Waals surface area contributed by atoms with Crippen molar-refractivity contribution in [1.82, 2.24) is 19.6 Å². The molecular formula is C21H23N5O4. The molecule has 1 aromatic heterocycles. The summed E-state index contributed by atoms with van der Waals surface area (Å²) in [7, 11) is 0. The summed E-state index contributed by atoms with van der Waals surface area (Å²) < 4.78 is 1.93. The van der Waals surface area contributed by atoms with E-state index in [4.69, 9.17) is 0 Å². The fraction of sp³-hybridized carbons (Fsp3) is 0.381. The second-order valence-corrected chi connectivity index (χ2v) is 7.50. The van der Waals surface area contributed by atoms with Crippen molar-refractivity contribution in [1.29, 1.82) is 0 Å². The van der Waals surface area contributed by atoms with Crippen molar-refractivity contribution >= 4 is 23.6 Å². The molecule has 0 saturated carbocycles. The molecule has 0 radical (unpaired) electrons. The minimum atomic E-state index is -0.460. The lowest BCUT2D eigenvalue weighted by Gasteiger charge is -2.33. The Hall–Kier alpha value is -3.49. The zero-order valence-corrected chi connectivity index (χ0v) is 16.6. The predicted octanol–water partition coefficient (Wildman–Crippen LogP) is 2.13. The van der Waals surface area contributed by atoms with E-state index in [0.717, 1.165) is 31.5 Å². The number of nitro groups is 1. The predicted molar refractivity (Wildman–Crippen MR) is 110 cm³/mol. The summed E-state index contributed by atoms with van der Waals surface area (Å²) in [5.74, 6) is -0.219. The Labute approximate surface area is 173 Å². The van der Waals surface area contributed by atoms with Crippen molar-refractivity contribution in [3.8, 4) is 0 Å². The summed E-state index contributed by atoms with van der Waals surface area (Å²) in [6.45, 7) is 2.73. The number of piperazine rings is 1. The standard InChI is InChI=1S/C21H23N5O4/c27-20(9-6-16-4-7-17(8-5-16)26(29)30)23-11-13-24(14-12-23)21(28)19-15-18-3-1-2-10-25(18)22-19/h4-9,15H,1-3,10-14H2/b9-6+. The van der Waals surface area contributed by atoms with E-state index in [1.165, 1.54) is 18.2 Å². The highest BCUT2D eigenvalue weighted by molar-refractivity contribution is 5.94. The van der Waals surface area contributed by atoms with E-state index >= 15 is 0 Å². The molecule has 3 heterocycles. The largest absolute Gasteiger partial charge is 0.336 e. The summed E-state index contributed by atoms with van der Waals surface area (Å²) in [6, 6.07) is 7.91. The van der Waals surface area contributed by atoms with Gasteiger partial charge in [0, 0.05) is 56.6 Å². The first-order valence-electron chi connectivity index (χ1n) is 10.1. The Balaban J connectivity index is 1.31. The van der Waals surface area contributed by atoms with Crippen molar-refractivity contribution in [2.24, 2.45) is 0 Å². The molecule has 2 aliphatic heterocycles. The Bertz CT molecular complexity index is 964. The highest BCUT2D eigenvalue weighted by Crippen LogP contribution is 2.17. The van der Waals surface area contributed by atoms with Crippen LogP contribution in [0.3, 0.4) is 0 Å². The summed E-state index contributed by atoms with van der Waals surface area (Å²) >= 11 is 0. The van der Waals surface area contributed by atoms with Gasteiger partial charge in [-0.15, -0.1) is 0 Å². The van der Waals surface area contributed by atoms with Crippen LogP contribution in [0, 0.1) is 10.1 Å². The number of aryl methyl sites for hydroxylation is 2. The molecule has 30 heavy (non-hydrogen) atoms. The van der Waals surface area contributed by atoms with E-state index in [9.17, 15) is 19.7 Å². The third kappa shape index (κ3) is 4.24. The number of hydrogen-bond acceptors (Lipinski definition) is 5. The fourth-order valence-electron chi connectivity index (χ4n) is 3.79. The van der Waals surface area contributed by atoms with Crippen LogP contribution >= 0.6 is 0 Å². The van der Waals surface area contributed by atoms with Gasteiger partial charge in [0.15, 0.2) is 5.69 Å². The van der Waals surface area contributed by atoms with E-state index in [1.807, 2.05) is 10.7 Å². The molecule has 0 unspecified atom stereocenters. The molecule has 0 spiro atoms. The Morgan fingerprint density at radius 2 is 1.70 bits per heavy atom. The lowest BCUT2D eigenvalue weighted by Crippen LogP contribution is -2.50. The van der Waals surface area contributed by atoms with Crippen LogP contribution in [-0.4, -0.2) is 62.5 Å². The van der Waals surface area contributed by atoms with Gasteiger partial charge in [-0.05, 0) is 49.1 Å². The number of fused-ring (bicyclic) bond motifs is 1. The number of aromatic nitrogens is 2. The van der Waals surface area contributed by atoms with Gasteiger partial charge in [-0.2, -0.15) is 5.10 Å². The minimum Gasteiger partial charge on any atom is -0.336 e. The molecule has 4 rings (SSSR count). The molecule has 0 bridgehead atoms. The van der Waals surface area contributed by atoms with Crippen LogP contribution in [-0.2, 0) is 17.8 Å². The molecule has 1 saturated heterocycles. The first kappa shape index (κ1) is 19.8. The molecule has 9 nitrogen and oxygen atoms in total. The maximum Gasteiger partial charge on any atom is 0.274 e. The van der Waals surface area contributed by atoms with Crippen LogP contribution in [0.5, 0.6) is 0 Å². The second-order valence-electron chi connectivity index (χ2n) is 7.50. The van der Waals surface area contributed by atoms with Crippen LogP contribution in [0.2, 0.25) is 0 Å². The molecule has 0 aliphatic carbocycles. The van der Waals surface area contributed by atoms with E-state index in [2.05, 4.69) is 5.10 Å². The lowest BCUT2D eigenvalue weighted by molar-refractivity contribution is -0.384. The van der Waals surface area contributed by atoms with E-state index in [-0.39, 0.29) is 17.5 Å². The number of benzene rings is 1. The SMILES string of the molecule is O=C(/C=C/c1ccc([N+](=O)[O-])cc1)N1CCN(C(=O)c2cc3n(n2)CCCC3)CC1. The zero-order valence-electron chi connectivity index (χ0n) is 16.6. The van der Waals surface area contributed by atoms with Gasteiger partial charge >= 0.3 is 0 Å². The van der Waals surface area contributed by atoms with Crippen molar-refractivity contribution < 1.29 is 14.5 Å². The van der Waals surface area contributed by atoms with Crippen molar-refractivity contribution in [2.75, 3.05) is 26.2 Å².